The number of aromatic nitrogens is 4. The fourth-order valence-corrected chi connectivity index (χ4v) is 1.10. The predicted molar refractivity (Wildman–Crippen MR) is 49.5 cm³/mol. The van der Waals surface area contributed by atoms with Crippen molar-refractivity contribution in [3.63, 3.8) is 0 Å². The summed E-state index contributed by atoms with van der Waals surface area (Å²) in [7, 11) is 0. The van der Waals surface area contributed by atoms with E-state index in [1.54, 1.807) is 13.8 Å². The molecule has 0 radical (unpaired) electrons. The van der Waals surface area contributed by atoms with Crippen LogP contribution in [0.1, 0.15) is 30.9 Å². The Morgan fingerprint density at radius 1 is 1.53 bits per heavy atom. The molecule has 4 N–H and O–H groups in total. The van der Waals surface area contributed by atoms with Crippen LogP contribution in [0.15, 0.2) is 0 Å². The molecule has 0 saturated carbocycles. The van der Waals surface area contributed by atoms with Gasteiger partial charge in [-0.2, -0.15) is 5.21 Å². The number of nitrogens with two attached hydrogens (primary N) is 1. The quantitative estimate of drug-likeness (QED) is 0.564. The van der Waals surface area contributed by atoms with Gasteiger partial charge < -0.3 is 11.1 Å². The maximum Gasteiger partial charge on any atom is 0.293 e. The van der Waals surface area contributed by atoms with Crippen LogP contribution in [-0.2, 0) is 4.79 Å². The zero-order valence-electron chi connectivity index (χ0n) is 8.44. The number of nitrogens with one attached hydrogen (secondary N) is 2. The Morgan fingerprint density at radius 3 is 2.67 bits per heavy atom. The van der Waals surface area contributed by atoms with Crippen LogP contribution in [0.3, 0.4) is 0 Å². The summed E-state index contributed by atoms with van der Waals surface area (Å²) in [5.74, 6) is -1.07. The van der Waals surface area contributed by atoms with Crippen LogP contribution in [0.5, 0.6) is 0 Å². The van der Waals surface area contributed by atoms with E-state index in [0.29, 0.717) is 0 Å². The minimum absolute atomic E-state index is 0.0383. The molecule has 1 aromatic heterocycles. The summed E-state index contributed by atoms with van der Waals surface area (Å²) in [5.41, 5.74) is 4.30. The van der Waals surface area contributed by atoms with Crippen LogP contribution in [0.4, 0.5) is 0 Å². The largest absolute Gasteiger partial charge is 0.370 e. The lowest BCUT2D eigenvalue weighted by atomic mass is 10.0. The second kappa shape index (κ2) is 4.03. The van der Waals surface area contributed by atoms with E-state index in [0.717, 1.165) is 0 Å². The summed E-state index contributed by atoms with van der Waals surface area (Å²) in [6, 6.07) is 0. The van der Waals surface area contributed by atoms with Crippen molar-refractivity contribution < 1.29 is 9.59 Å². The van der Waals surface area contributed by atoms with Gasteiger partial charge in [0.15, 0.2) is 0 Å². The Bertz CT molecular complexity index is 358. The Kier molecular flexibility index (Phi) is 2.98. The molecule has 0 fully saturated rings. The molecule has 0 unspecified atom stereocenters. The van der Waals surface area contributed by atoms with E-state index in [9.17, 15) is 9.59 Å². The number of carbonyl (C=O) groups is 2. The molecule has 0 spiro atoms. The van der Waals surface area contributed by atoms with E-state index in [-0.39, 0.29) is 12.2 Å². The molecular formula is C7H12N6O2. The molecule has 0 aliphatic rings. The van der Waals surface area contributed by atoms with Crippen molar-refractivity contribution in [3.05, 3.63) is 5.82 Å². The van der Waals surface area contributed by atoms with Crippen molar-refractivity contribution in [2.45, 2.75) is 25.8 Å². The second-order valence-electron chi connectivity index (χ2n) is 3.72. The lowest BCUT2D eigenvalue weighted by Gasteiger charge is -2.23. The summed E-state index contributed by atoms with van der Waals surface area (Å²) in [5, 5.41) is 15.0. The summed E-state index contributed by atoms with van der Waals surface area (Å²) in [4.78, 5) is 22.2. The van der Waals surface area contributed by atoms with Gasteiger partial charge in [-0.1, -0.05) is 0 Å². The first-order valence-corrected chi connectivity index (χ1v) is 4.25. The first-order chi connectivity index (χ1) is 6.91. The van der Waals surface area contributed by atoms with Gasteiger partial charge in [-0.3, -0.25) is 9.59 Å². The van der Waals surface area contributed by atoms with Gasteiger partial charge in [-0.15, -0.1) is 10.2 Å². The highest BCUT2D eigenvalue weighted by Gasteiger charge is 2.25. The van der Waals surface area contributed by atoms with Crippen molar-refractivity contribution in [2.75, 3.05) is 0 Å². The molecule has 15 heavy (non-hydrogen) atoms. The first-order valence-electron chi connectivity index (χ1n) is 4.25. The molecule has 1 aromatic rings. The Labute approximate surface area is 85.6 Å². The maximum absolute atomic E-state index is 11.5. The monoisotopic (exact) mass is 212 g/mol. The number of hydrogen-bond donors (Lipinski definition) is 3. The van der Waals surface area contributed by atoms with Crippen molar-refractivity contribution in [1.29, 1.82) is 0 Å². The first kappa shape index (κ1) is 11.1. The summed E-state index contributed by atoms with van der Waals surface area (Å²) in [6.45, 7) is 3.35. The number of amides is 2. The maximum atomic E-state index is 11.5. The van der Waals surface area contributed by atoms with Crippen LogP contribution in [-0.4, -0.2) is 38.0 Å². The Hall–Kier alpha value is -1.99. The third-order valence-electron chi connectivity index (χ3n) is 1.62. The number of hydrogen-bond acceptors (Lipinski definition) is 5. The number of H-pyrrole nitrogens is 1. The zero-order chi connectivity index (χ0) is 11.5. The van der Waals surface area contributed by atoms with Gasteiger partial charge >= 0.3 is 0 Å². The standard InChI is InChI=1S/C7H12N6O2/c1-7(2,3-4(8)14)9-6(15)5-10-12-13-11-5/h3H2,1-2H3,(H2,8,14)(H,9,15)(H,10,11,12,13). The van der Waals surface area contributed by atoms with Gasteiger partial charge in [0.1, 0.15) is 0 Å². The highest BCUT2D eigenvalue weighted by Crippen LogP contribution is 2.07. The lowest BCUT2D eigenvalue weighted by molar-refractivity contribution is -0.119. The van der Waals surface area contributed by atoms with Crippen LogP contribution in [0.2, 0.25) is 0 Å². The lowest BCUT2D eigenvalue weighted by Crippen LogP contribution is -2.46. The fraction of sp³-hybridized carbons (Fsp3) is 0.571. The molecule has 82 valence electrons. The van der Waals surface area contributed by atoms with E-state index < -0.39 is 17.4 Å². The average molecular weight is 212 g/mol. The SMILES string of the molecule is CC(C)(CC(N)=O)NC(=O)c1nn[nH]n1. The van der Waals surface area contributed by atoms with E-state index >= 15 is 0 Å². The fourth-order valence-electron chi connectivity index (χ4n) is 1.10. The van der Waals surface area contributed by atoms with Crippen molar-refractivity contribution in [2.24, 2.45) is 5.73 Å². The molecule has 1 heterocycles. The third-order valence-corrected chi connectivity index (χ3v) is 1.62. The molecule has 0 bridgehead atoms. The summed E-state index contributed by atoms with van der Waals surface area (Å²) < 4.78 is 0. The van der Waals surface area contributed by atoms with Crippen molar-refractivity contribution in [3.8, 4) is 0 Å². The number of rotatable bonds is 4. The summed E-state index contributed by atoms with van der Waals surface area (Å²) >= 11 is 0. The van der Waals surface area contributed by atoms with Crippen molar-refractivity contribution >= 4 is 11.8 Å². The predicted octanol–water partition coefficient (Wildman–Crippen LogP) is -1.42. The molecule has 0 aliphatic carbocycles. The van der Waals surface area contributed by atoms with Gasteiger partial charge in [-0.05, 0) is 19.1 Å². The van der Waals surface area contributed by atoms with Gasteiger partial charge in [-0.25, -0.2) is 0 Å². The molecular weight excluding hydrogens is 200 g/mol. The molecule has 0 saturated heterocycles. The van der Waals surface area contributed by atoms with E-state index in [1.807, 2.05) is 0 Å². The Balaban J connectivity index is 2.61. The topological polar surface area (TPSA) is 127 Å². The van der Waals surface area contributed by atoms with Gasteiger partial charge in [0.05, 0.1) is 0 Å². The molecule has 0 atom stereocenters. The van der Waals surface area contributed by atoms with Crippen molar-refractivity contribution in [1.82, 2.24) is 25.9 Å². The highest BCUT2D eigenvalue weighted by molar-refractivity contribution is 5.91. The van der Waals surface area contributed by atoms with Gasteiger partial charge in [0.25, 0.3) is 11.7 Å². The molecule has 1 rings (SSSR count). The molecule has 8 heteroatoms. The van der Waals surface area contributed by atoms with Crippen LogP contribution in [0.25, 0.3) is 0 Å². The summed E-state index contributed by atoms with van der Waals surface area (Å²) in [6.07, 6.45) is 0.0383. The second-order valence-corrected chi connectivity index (χ2v) is 3.72. The molecule has 0 aromatic carbocycles. The van der Waals surface area contributed by atoms with Gasteiger partial charge in [0.2, 0.25) is 5.91 Å². The number of primary amides is 1. The molecule has 8 nitrogen and oxygen atoms in total. The minimum Gasteiger partial charge on any atom is -0.370 e. The van der Waals surface area contributed by atoms with Crippen LogP contribution < -0.4 is 11.1 Å². The van der Waals surface area contributed by atoms with Gasteiger partial charge in [0, 0.05) is 12.0 Å². The van der Waals surface area contributed by atoms with Crippen LogP contribution in [0, 0.1) is 0 Å². The zero-order valence-corrected chi connectivity index (χ0v) is 8.44. The number of carbonyl (C=O) groups excluding carboxylic acids is 2. The number of aromatic amines is 1. The van der Waals surface area contributed by atoms with E-state index in [2.05, 4.69) is 25.9 Å². The molecule has 0 aliphatic heterocycles. The third kappa shape index (κ3) is 3.33. The van der Waals surface area contributed by atoms with Crippen LogP contribution >= 0.6 is 0 Å². The Morgan fingerprint density at radius 2 is 2.20 bits per heavy atom. The average Bonchev–Trinajstić information content (AvgIpc) is 2.50. The van der Waals surface area contributed by atoms with E-state index in [4.69, 9.17) is 5.73 Å². The normalized spacial score (nSPS) is 11.1. The number of tetrazole rings is 1. The number of nitrogens with zero attached hydrogens (tertiary/aromatic N) is 3. The highest BCUT2D eigenvalue weighted by atomic mass is 16.2. The van der Waals surface area contributed by atoms with E-state index in [1.165, 1.54) is 0 Å². The minimum atomic E-state index is -0.733. The smallest absolute Gasteiger partial charge is 0.293 e. The molecule has 2 amide bonds.